The van der Waals surface area contributed by atoms with Gasteiger partial charge in [-0.25, -0.2) is 0 Å². The van der Waals surface area contributed by atoms with Crippen LogP contribution in [-0.2, 0) is 19.2 Å². The molecule has 0 saturated carbocycles. The smallest absolute Gasteiger partial charge is 0.253 e. The fraction of sp³-hybridized carbons (Fsp3) is 0.538. The zero-order valence-corrected chi connectivity index (χ0v) is 11.7. The predicted molar refractivity (Wildman–Crippen MR) is 74.5 cm³/mol. The molecular formula is C13H20N4O4. The molecule has 0 unspecified atom stereocenters. The van der Waals surface area contributed by atoms with E-state index in [1.165, 1.54) is 12.2 Å². The SMILES string of the molecule is NC(=O)[C@@H](N)CCCCNC(=O)CCN1C(=O)C=CC1=O. The van der Waals surface area contributed by atoms with Gasteiger partial charge in [0.25, 0.3) is 11.8 Å². The minimum Gasteiger partial charge on any atom is -0.368 e. The van der Waals surface area contributed by atoms with Crippen LogP contribution >= 0.6 is 0 Å². The number of hydrogen-bond donors (Lipinski definition) is 3. The van der Waals surface area contributed by atoms with Gasteiger partial charge in [0.05, 0.1) is 6.04 Å². The van der Waals surface area contributed by atoms with Crippen LogP contribution in [0.25, 0.3) is 0 Å². The Bertz CT molecular complexity index is 443. The Morgan fingerprint density at radius 1 is 1.19 bits per heavy atom. The number of nitrogens with one attached hydrogen (secondary N) is 1. The molecular weight excluding hydrogens is 276 g/mol. The second-order valence-corrected chi connectivity index (χ2v) is 4.77. The molecule has 1 atom stereocenters. The molecule has 0 radical (unpaired) electrons. The highest BCUT2D eigenvalue weighted by molar-refractivity contribution is 6.13. The van der Waals surface area contributed by atoms with Crippen molar-refractivity contribution in [3.05, 3.63) is 12.2 Å². The van der Waals surface area contributed by atoms with Crippen LogP contribution in [0.1, 0.15) is 25.7 Å². The summed E-state index contributed by atoms with van der Waals surface area (Å²) in [5, 5.41) is 2.67. The lowest BCUT2D eigenvalue weighted by molar-refractivity contribution is -0.137. The summed E-state index contributed by atoms with van der Waals surface area (Å²) in [4.78, 5) is 45.8. The first-order valence-electron chi connectivity index (χ1n) is 6.77. The fourth-order valence-electron chi connectivity index (χ4n) is 1.81. The van der Waals surface area contributed by atoms with Gasteiger partial charge in [0.15, 0.2) is 0 Å². The van der Waals surface area contributed by atoms with E-state index in [0.717, 1.165) is 4.90 Å². The van der Waals surface area contributed by atoms with Crippen LogP contribution in [0.4, 0.5) is 0 Å². The van der Waals surface area contributed by atoms with Crippen molar-refractivity contribution in [1.29, 1.82) is 0 Å². The van der Waals surface area contributed by atoms with Gasteiger partial charge >= 0.3 is 0 Å². The highest BCUT2D eigenvalue weighted by atomic mass is 16.2. The molecule has 0 fully saturated rings. The van der Waals surface area contributed by atoms with Crippen LogP contribution < -0.4 is 16.8 Å². The van der Waals surface area contributed by atoms with Gasteiger partial charge in [-0.15, -0.1) is 0 Å². The Hall–Kier alpha value is -2.22. The number of nitrogens with zero attached hydrogens (tertiary/aromatic N) is 1. The third-order valence-electron chi connectivity index (χ3n) is 3.09. The molecule has 4 amide bonds. The zero-order valence-electron chi connectivity index (χ0n) is 11.7. The average Bonchev–Trinajstić information content (AvgIpc) is 2.75. The first kappa shape index (κ1) is 16.8. The van der Waals surface area contributed by atoms with Gasteiger partial charge in [0.2, 0.25) is 11.8 Å². The maximum absolute atomic E-state index is 11.5. The minimum atomic E-state index is -0.652. The minimum absolute atomic E-state index is 0.0694. The second kappa shape index (κ2) is 8.15. The molecule has 8 heteroatoms. The van der Waals surface area contributed by atoms with Gasteiger partial charge in [0, 0.05) is 31.7 Å². The van der Waals surface area contributed by atoms with Crippen LogP contribution in [0.2, 0.25) is 0 Å². The number of unbranched alkanes of at least 4 members (excludes halogenated alkanes) is 1. The van der Waals surface area contributed by atoms with Gasteiger partial charge in [-0.1, -0.05) is 0 Å². The number of nitrogens with two attached hydrogens (primary N) is 2. The normalized spacial score (nSPS) is 15.4. The van der Waals surface area contributed by atoms with E-state index in [1.807, 2.05) is 0 Å². The lowest BCUT2D eigenvalue weighted by Crippen LogP contribution is -2.36. The highest BCUT2D eigenvalue weighted by Crippen LogP contribution is 2.04. The molecule has 1 heterocycles. The van der Waals surface area contributed by atoms with E-state index < -0.39 is 23.8 Å². The maximum atomic E-state index is 11.5. The number of carbonyl (C=O) groups is 4. The molecule has 0 aromatic rings. The summed E-state index contributed by atoms with van der Waals surface area (Å²) in [5.41, 5.74) is 10.5. The van der Waals surface area contributed by atoms with Crippen molar-refractivity contribution in [2.24, 2.45) is 11.5 Å². The van der Waals surface area contributed by atoms with E-state index in [0.29, 0.717) is 25.8 Å². The van der Waals surface area contributed by atoms with Gasteiger partial charge in [-0.05, 0) is 19.3 Å². The number of primary amides is 1. The van der Waals surface area contributed by atoms with Crippen molar-refractivity contribution in [1.82, 2.24) is 10.2 Å². The molecule has 0 aliphatic carbocycles. The lowest BCUT2D eigenvalue weighted by atomic mass is 10.1. The molecule has 116 valence electrons. The van der Waals surface area contributed by atoms with Crippen molar-refractivity contribution in [3.8, 4) is 0 Å². The Morgan fingerprint density at radius 2 is 1.81 bits per heavy atom. The number of rotatable bonds is 9. The summed E-state index contributed by atoms with van der Waals surface area (Å²) in [6.07, 6.45) is 4.27. The zero-order chi connectivity index (χ0) is 15.8. The summed E-state index contributed by atoms with van der Waals surface area (Å²) in [6.45, 7) is 0.521. The highest BCUT2D eigenvalue weighted by Gasteiger charge is 2.23. The molecule has 8 nitrogen and oxygen atoms in total. The number of amides is 4. The number of imide groups is 1. The summed E-state index contributed by atoms with van der Waals surface area (Å²) in [5.74, 6) is -1.56. The van der Waals surface area contributed by atoms with Crippen molar-refractivity contribution in [2.75, 3.05) is 13.1 Å². The summed E-state index contributed by atoms with van der Waals surface area (Å²) in [6, 6.07) is -0.652. The maximum Gasteiger partial charge on any atom is 0.253 e. The van der Waals surface area contributed by atoms with E-state index in [9.17, 15) is 19.2 Å². The number of carbonyl (C=O) groups excluding carboxylic acids is 4. The first-order chi connectivity index (χ1) is 9.91. The van der Waals surface area contributed by atoms with Crippen molar-refractivity contribution >= 4 is 23.6 Å². The standard InChI is InChI=1S/C13H20N4O4/c14-9(13(15)21)3-1-2-7-16-10(18)6-8-17-11(19)4-5-12(17)20/h4-5,9H,1-3,6-8,14H2,(H2,15,21)(H,16,18)/t9-/m0/s1. The van der Waals surface area contributed by atoms with Gasteiger partial charge in [-0.2, -0.15) is 0 Å². The summed E-state index contributed by atoms with van der Waals surface area (Å²) < 4.78 is 0. The van der Waals surface area contributed by atoms with Crippen molar-refractivity contribution in [2.45, 2.75) is 31.7 Å². The topological polar surface area (TPSA) is 136 Å². The van der Waals surface area contributed by atoms with Gasteiger partial charge in [-0.3, -0.25) is 24.1 Å². The van der Waals surface area contributed by atoms with E-state index >= 15 is 0 Å². The second-order valence-electron chi connectivity index (χ2n) is 4.77. The predicted octanol–water partition coefficient (Wildman–Crippen LogP) is -1.60. The Balaban J connectivity index is 2.08. The van der Waals surface area contributed by atoms with Crippen LogP contribution in [0.15, 0.2) is 12.2 Å². The molecule has 1 aliphatic heterocycles. The Kier molecular flexibility index (Phi) is 6.54. The lowest BCUT2D eigenvalue weighted by Gasteiger charge is -2.13. The summed E-state index contributed by atoms with van der Waals surface area (Å²) >= 11 is 0. The van der Waals surface area contributed by atoms with Crippen LogP contribution in [0.5, 0.6) is 0 Å². The first-order valence-corrected chi connectivity index (χ1v) is 6.77. The molecule has 0 bridgehead atoms. The third-order valence-corrected chi connectivity index (χ3v) is 3.09. The van der Waals surface area contributed by atoms with Crippen molar-refractivity contribution in [3.63, 3.8) is 0 Å². The summed E-state index contributed by atoms with van der Waals surface area (Å²) in [7, 11) is 0. The molecule has 0 aromatic carbocycles. The third kappa shape index (κ3) is 5.74. The monoisotopic (exact) mass is 296 g/mol. The van der Waals surface area contributed by atoms with Gasteiger partial charge < -0.3 is 16.8 Å². The number of hydrogen-bond acceptors (Lipinski definition) is 5. The van der Waals surface area contributed by atoms with Crippen molar-refractivity contribution < 1.29 is 19.2 Å². The molecule has 1 rings (SSSR count). The molecule has 0 aromatic heterocycles. The molecule has 21 heavy (non-hydrogen) atoms. The van der Waals surface area contributed by atoms with Gasteiger partial charge in [0.1, 0.15) is 0 Å². The Morgan fingerprint density at radius 3 is 2.38 bits per heavy atom. The van der Waals surface area contributed by atoms with E-state index in [2.05, 4.69) is 5.32 Å². The Labute approximate surface area is 122 Å². The molecule has 0 spiro atoms. The van der Waals surface area contributed by atoms with E-state index in [4.69, 9.17) is 11.5 Å². The van der Waals surface area contributed by atoms with E-state index in [-0.39, 0.29) is 18.9 Å². The van der Waals surface area contributed by atoms with Crippen LogP contribution in [0.3, 0.4) is 0 Å². The largest absolute Gasteiger partial charge is 0.368 e. The average molecular weight is 296 g/mol. The van der Waals surface area contributed by atoms with Crippen LogP contribution in [-0.4, -0.2) is 47.7 Å². The molecule has 1 aliphatic rings. The molecule has 0 saturated heterocycles. The quantitative estimate of drug-likeness (QED) is 0.348. The van der Waals surface area contributed by atoms with E-state index in [1.54, 1.807) is 0 Å². The van der Waals surface area contributed by atoms with Crippen LogP contribution in [0, 0.1) is 0 Å². The molecule has 5 N–H and O–H groups in total. The fourth-order valence-corrected chi connectivity index (χ4v) is 1.81.